The van der Waals surface area contributed by atoms with Crippen LogP contribution in [0.25, 0.3) is 16.6 Å². The van der Waals surface area contributed by atoms with Crippen molar-refractivity contribution in [1.82, 2.24) is 14.9 Å². The maximum Gasteiger partial charge on any atom is 0.259 e. The molecule has 1 N–H and O–H groups in total. The minimum absolute atomic E-state index is 0.188. The predicted molar refractivity (Wildman–Crippen MR) is 108 cm³/mol. The lowest BCUT2D eigenvalue weighted by molar-refractivity contribution is 0.0769. The van der Waals surface area contributed by atoms with Crippen molar-refractivity contribution in [2.24, 2.45) is 0 Å². The van der Waals surface area contributed by atoms with Crippen LogP contribution in [-0.2, 0) is 0 Å². The Morgan fingerprint density at radius 3 is 2.81 bits per heavy atom. The van der Waals surface area contributed by atoms with Gasteiger partial charge in [0.05, 0.1) is 28.2 Å². The standard InChI is InChI=1S/C20H17Cl2N3O2/c1-27-19-15(22)5-4-14(21)17(19)20(26)25-9-6-12(7-10-25)13-11-24-16-3-2-8-23-18(13)16/h2-6,8,11,24H,7,9-10H2,1H3. The van der Waals surface area contributed by atoms with Crippen molar-refractivity contribution in [2.45, 2.75) is 6.42 Å². The van der Waals surface area contributed by atoms with Crippen LogP contribution in [0.1, 0.15) is 22.3 Å². The number of hydrogen-bond acceptors (Lipinski definition) is 3. The molecule has 0 unspecified atom stereocenters. The van der Waals surface area contributed by atoms with E-state index in [4.69, 9.17) is 27.9 Å². The number of rotatable bonds is 3. The summed E-state index contributed by atoms with van der Waals surface area (Å²) in [6.07, 6.45) is 6.55. The van der Waals surface area contributed by atoms with Crippen LogP contribution in [-0.4, -0.2) is 41.0 Å². The van der Waals surface area contributed by atoms with Gasteiger partial charge >= 0.3 is 0 Å². The van der Waals surface area contributed by atoms with Gasteiger partial charge in [-0.15, -0.1) is 0 Å². The molecule has 4 rings (SSSR count). The minimum Gasteiger partial charge on any atom is -0.494 e. The number of pyridine rings is 1. The number of benzene rings is 1. The van der Waals surface area contributed by atoms with E-state index in [9.17, 15) is 4.79 Å². The summed E-state index contributed by atoms with van der Waals surface area (Å²) in [5, 5.41) is 0.695. The Hall–Kier alpha value is -2.50. The van der Waals surface area contributed by atoms with E-state index in [0.717, 1.165) is 23.0 Å². The van der Waals surface area contributed by atoms with E-state index in [1.54, 1.807) is 23.2 Å². The number of aromatic nitrogens is 2. The fraction of sp³-hybridized carbons (Fsp3) is 0.200. The molecule has 3 aromatic rings. The van der Waals surface area contributed by atoms with Crippen LogP contribution < -0.4 is 4.74 Å². The molecule has 0 saturated carbocycles. The maximum atomic E-state index is 13.0. The molecule has 0 atom stereocenters. The Balaban J connectivity index is 1.61. The summed E-state index contributed by atoms with van der Waals surface area (Å²) in [5.74, 6) is 0.122. The molecule has 1 amide bonds. The number of halogens is 2. The van der Waals surface area contributed by atoms with Gasteiger partial charge in [0, 0.05) is 31.0 Å². The predicted octanol–water partition coefficient (Wildman–Crippen LogP) is 4.81. The Morgan fingerprint density at radius 2 is 2.07 bits per heavy atom. The second-order valence-corrected chi connectivity index (χ2v) is 7.08. The number of H-pyrrole nitrogens is 1. The molecule has 27 heavy (non-hydrogen) atoms. The van der Waals surface area contributed by atoms with Crippen molar-refractivity contribution in [3.05, 3.63) is 63.9 Å². The summed E-state index contributed by atoms with van der Waals surface area (Å²) in [6, 6.07) is 7.14. The van der Waals surface area contributed by atoms with Gasteiger partial charge in [-0.25, -0.2) is 0 Å². The molecule has 1 aliphatic rings. The zero-order chi connectivity index (χ0) is 19.0. The number of fused-ring (bicyclic) bond motifs is 1. The number of aromatic amines is 1. The molecule has 0 bridgehead atoms. The molecule has 0 radical (unpaired) electrons. The maximum absolute atomic E-state index is 13.0. The number of amides is 1. The first kappa shape index (κ1) is 17.9. The normalized spacial score (nSPS) is 14.3. The molecular formula is C20H17Cl2N3O2. The Kier molecular flexibility index (Phi) is 4.81. The zero-order valence-electron chi connectivity index (χ0n) is 14.6. The molecule has 0 fully saturated rings. The van der Waals surface area contributed by atoms with Crippen molar-refractivity contribution in [3.63, 3.8) is 0 Å². The van der Waals surface area contributed by atoms with E-state index >= 15 is 0 Å². The van der Waals surface area contributed by atoms with Gasteiger partial charge in [-0.2, -0.15) is 0 Å². The fourth-order valence-electron chi connectivity index (χ4n) is 3.39. The second-order valence-electron chi connectivity index (χ2n) is 6.27. The molecular weight excluding hydrogens is 385 g/mol. The average Bonchev–Trinajstić information content (AvgIpc) is 3.13. The van der Waals surface area contributed by atoms with E-state index in [1.165, 1.54) is 12.7 Å². The summed E-state index contributed by atoms with van der Waals surface area (Å²) in [6.45, 7) is 1.07. The highest BCUT2D eigenvalue weighted by Gasteiger charge is 2.26. The minimum atomic E-state index is -0.188. The third-order valence-electron chi connectivity index (χ3n) is 4.75. The number of nitrogens with zero attached hydrogens (tertiary/aromatic N) is 2. The Morgan fingerprint density at radius 1 is 1.26 bits per heavy atom. The molecule has 2 aromatic heterocycles. The lowest BCUT2D eigenvalue weighted by atomic mass is 10.0. The Bertz CT molecular complexity index is 1060. The largest absolute Gasteiger partial charge is 0.494 e. The molecule has 5 nitrogen and oxygen atoms in total. The van der Waals surface area contributed by atoms with Gasteiger partial charge in [0.2, 0.25) is 0 Å². The fourth-order valence-corrected chi connectivity index (χ4v) is 3.85. The summed E-state index contributed by atoms with van der Waals surface area (Å²) >= 11 is 12.4. The van der Waals surface area contributed by atoms with Gasteiger partial charge in [-0.3, -0.25) is 9.78 Å². The number of carbonyl (C=O) groups is 1. The summed E-state index contributed by atoms with van der Waals surface area (Å²) in [4.78, 5) is 22.5. The lowest BCUT2D eigenvalue weighted by Crippen LogP contribution is -2.35. The Labute approximate surface area is 166 Å². The van der Waals surface area contributed by atoms with Gasteiger partial charge in [-0.05, 0) is 36.3 Å². The summed E-state index contributed by atoms with van der Waals surface area (Å²) in [7, 11) is 1.48. The van der Waals surface area contributed by atoms with E-state index in [0.29, 0.717) is 34.4 Å². The van der Waals surface area contributed by atoms with Crippen LogP contribution in [0.2, 0.25) is 10.0 Å². The highest BCUT2D eigenvalue weighted by molar-refractivity contribution is 6.37. The molecule has 0 aliphatic carbocycles. The van der Waals surface area contributed by atoms with Crippen molar-refractivity contribution < 1.29 is 9.53 Å². The van der Waals surface area contributed by atoms with E-state index in [1.807, 2.05) is 18.3 Å². The van der Waals surface area contributed by atoms with Crippen molar-refractivity contribution in [3.8, 4) is 5.75 Å². The molecule has 7 heteroatoms. The second kappa shape index (κ2) is 7.25. The van der Waals surface area contributed by atoms with Crippen molar-refractivity contribution >= 4 is 45.7 Å². The molecule has 0 saturated heterocycles. The van der Waals surface area contributed by atoms with Crippen LogP contribution in [0, 0.1) is 0 Å². The van der Waals surface area contributed by atoms with Crippen LogP contribution in [0.3, 0.4) is 0 Å². The van der Waals surface area contributed by atoms with Crippen LogP contribution >= 0.6 is 23.2 Å². The van der Waals surface area contributed by atoms with E-state index in [2.05, 4.69) is 16.0 Å². The van der Waals surface area contributed by atoms with Gasteiger partial charge in [-0.1, -0.05) is 29.3 Å². The first-order valence-electron chi connectivity index (χ1n) is 8.53. The summed E-state index contributed by atoms with van der Waals surface area (Å²) < 4.78 is 5.31. The number of methoxy groups -OCH3 is 1. The van der Waals surface area contributed by atoms with Crippen molar-refractivity contribution in [2.75, 3.05) is 20.2 Å². The number of carbonyl (C=O) groups excluding carboxylic acids is 1. The molecule has 0 spiro atoms. The third-order valence-corrected chi connectivity index (χ3v) is 5.37. The van der Waals surface area contributed by atoms with E-state index < -0.39 is 0 Å². The van der Waals surface area contributed by atoms with Crippen molar-refractivity contribution in [1.29, 1.82) is 0 Å². The van der Waals surface area contributed by atoms with Gasteiger partial charge in [0.15, 0.2) is 5.75 Å². The lowest BCUT2D eigenvalue weighted by Gasteiger charge is -2.27. The van der Waals surface area contributed by atoms with Crippen LogP contribution in [0.4, 0.5) is 0 Å². The zero-order valence-corrected chi connectivity index (χ0v) is 16.1. The average molecular weight is 402 g/mol. The molecule has 138 valence electrons. The van der Waals surface area contributed by atoms with Crippen LogP contribution in [0.5, 0.6) is 5.75 Å². The monoisotopic (exact) mass is 401 g/mol. The molecule has 3 heterocycles. The topological polar surface area (TPSA) is 58.2 Å². The molecule has 1 aromatic carbocycles. The summed E-state index contributed by atoms with van der Waals surface area (Å²) in [5.41, 5.74) is 4.51. The third kappa shape index (κ3) is 3.17. The van der Waals surface area contributed by atoms with E-state index in [-0.39, 0.29) is 5.91 Å². The highest BCUT2D eigenvalue weighted by Crippen LogP contribution is 2.36. The highest BCUT2D eigenvalue weighted by atomic mass is 35.5. The van der Waals surface area contributed by atoms with Crippen LogP contribution in [0.15, 0.2) is 42.7 Å². The smallest absolute Gasteiger partial charge is 0.259 e. The van der Waals surface area contributed by atoms with Gasteiger partial charge in [0.1, 0.15) is 5.56 Å². The molecule has 1 aliphatic heterocycles. The first-order valence-corrected chi connectivity index (χ1v) is 9.28. The first-order chi connectivity index (χ1) is 13.1. The van der Waals surface area contributed by atoms with Gasteiger partial charge in [0.25, 0.3) is 5.91 Å². The van der Waals surface area contributed by atoms with Gasteiger partial charge < -0.3 is 14.6 Å². The number of nitrogens with one attached hydrogen (secondary N) is 1. The number of ether oxygens (including phenoxy) is 1. The quantitative estimate of drug-likeness (QED) is 0.684. The SMILES string of the molecule is COc1c(Cl)ccc(Cl)c1C(=O)N1CC=C(c2c[nH]c3cccnc23)CC1. The number of hydrogen-bond donors (Lipinski definition) is 1.